The molecule has 2 heterocycles. The molecule has 0 aromatic carbocycles. The molecule has 0 saturated carbocycles. The summed E-state index contributed by atoms with van der Waals surface area (Å²) in [6.07, 6.45) is 7.36. The second kappa shape index (κ2) is 9.67. The minimum Gasteiger partial charge on any atom is -0.315 e. The topological polar surface area (TPSA) is 120 Å². The molecule has 0 spiro atoms. The van der Waals surface area contributed by atoms with Crippen LogP contribution in [0.5, 0.6) is 0 Å². The lowest BCUT2D eigenvalue weighted by Crippen LogP contribution is -2.39. The van der Waals surface area contributed by atoms with Crippen molar-refractivity contribution in [2.45, 2.75) is 58.0 Å². The van der Waals surface area contributed by atoms with Crippen LogP contribution in [-0.4, -0.2) is 28.0 Å². The first-order valence-electron chi connectivity index (χ1n) is 9.88. The van der Waals surface area contributed by atoms with Crippen LogP contribution in [0.3, 0.4) is 0 Å². The van der Waals surface area contributed by atoms with Crippen molar-refractivity contribution in [2.24, 2.45) is 0 Å². The Kier molecular flexibility index (Phi) is 7.01. The van der Waals surface area contributed by atoms with Crippen molar-refractivity contribution < 1.29 is 4.79 Å². The minimum atomic E-state index is -0.440. The van der Waals surface area contributed by atoms with Crippen molar-refractivity contribution in [3.05, 3.63) is 49.1 Å². The van der Waals surface area contributed by atoms with Crippen molar-refractivity contribution in [3.8, 4) is 6.07 Å². The molecule has 2 aromatic heterocycles. The Hall–Kier alpha value is -2.70. The van der Waals surface area contributed by atoms with Gasteiger partial charge < -0.3 is 15.2 Å². The Balaban J connectivity index is 1.52. The molecular weight excluding hydrogens is 390 g/mol. The summed E-state index contributed by atoms with van der Waals surface area (Å²) in [7, 11) is 0. The maximum atomic E-state index is 12.5. The van der Waals surface area contributed by atoms with Gasteiger partial charge in [0.1, 0.15) is 11.1 Å². The number of amides is 1. The number of aromatic nitrogens is 2. The van der Waals surface area contributed by atoms with Crippen molar-refractivity contribution in [2.75, 3.05) is 11.9 Å². The van der Waals surface area contributed by atoms with Gasteiger partial charge in [-0.2, -0.15) is 5.26 Å². The number of nitrogens with one attached hydrogen (secondary N) is 3. The number of hydrogen-bond acceptors (Lipinski definition) is 6. The fraction of sp³-hybridized carbons (Fsp3) is 0.500. The summed E-state index contributed by atoms with van der Waals surface area (Å²) >= 11 is 1.52. The maximum absolute atomic E-state index is 12.5. The zero-order valence-electron chi connectivity index (χ0n) is 16.4. The number of rotatable bonds is 7. The van der Waals surface area contributed by atoms with Crippen LogP contribution >= 0.6 is 11.3 Å². The Bertz CT molecular complexity index is 1030. The second-order valence-corrected chi connectivity index (χ2v) is 8.31. The summed E-state index contributed by atoms with van der Waals surface area (Å²) < 4.78 is 1.42. The number of H-pyrrole nitrogens is 1. The number of thiophene rings is 1. The molecule has 8 nitrogen and oxygen atoms in total. The van der Waals surface area contributed by atoms with Crippen LogP contribution < -0.4 is 21.9 Å². The van der Waals surface area contributed by atoms with E-state index in [1.165, 1.54) is 39.5 Å². The monoisotopic (exact) mass is 415 g/mol. The summed E-state index contributed by atoms with van der Waals surface area (Å²) in [6.45, 7) is 2.74. The van der Waals surface area contributed by atoms with Gasteiger partial charge in [0.2, 0.25) is 5.91 Å². The fourth-order valence-electron chi connectivity index (χ4n) is 3.45. The third-order valence-corrected chi connectivity index (χ3v) is 6.29. The van der Waals surface area contributed by atoms with Crippen molar-refractivity contribution in [3.63, 3.8) is 0 Å². The predicted molar refractivity (Wildman–Crippen MR) is 112 cm³/mol. The number of nitriles is 1. The van der Waals surface area contributed by atoms with Crippen molar-refractivity contribution in [1.29, 1.82) is 5.26 Å². The SMILES string of the molecule is CC(NCCCn1ccc(=O)[nH]c1=O)C(=O)Nc1sc2c(c1C#N)CCCCC2. The zero-order valence-corrected chi connectivity index (χ0v) is 17.2. The first-order valence-corrected chi connectivity index (χ1v) is 10.7. The van der Waals surface area contributed by atoms with E-state index >= 15 is 0 Å². The van der Waals surface area contributed by atoms with E-state index in [-0.39, 0.29) is 5.91 Å². The van der Waals surface area contributed by atoms with Crippen LogP contribution in [0.2, 0.25) is 0 Å². The number of aryl methyl sites for hydroxylation is 2. The standard InChI is InChI=1S/C20H25N5O3S/c1-13(22-9-5-10-25-11-8-17(26)23-20(25)28)18(27)24-19-15(12-21)14-6-3-2-4-7-16(14)29-19/h8,11,13,22H,2-7,9-10H2,1H3,(H,24,27)(H,23,26,28). The lowest BCUT2D eigenvalue weighted by Gasteiger charge is -2.14. The fourth-order valence-corrected chi connectivity index (χ4v) is 4.69. The van der Waals surface area contributed by atoms with Gasteiger partial charge in [-0.1, -0.05) is 6.42 Å². The molecule has 3 N–H and O–H groups in total. The Morgan fingerprint density at radius 1 is 1.34 bits per heavy atom. The minimum absolute atomic E-state index is 0.181. The molecule has 1 atom stereocenters. The Morgan fingerprint density at radius 2 is 2.14 bits per heavy atom. The molecular formula is C20H25N5O3S. The highest BCUT2D eigenvalue weighted by Gasteiger charge is 2.22. The molecule has 2 aromatic rings. The number of aromatic amines is 1. The smallest absolute Gasteiger partial charge is 0.315 e. The number of carbonyl (C=O) groups excluding carboxylic acids is 1. The van der Waals surface area contributed by atoms with Gasteiger partial charge >= 0.3 is 5.69 Å². The van der Waals surface area contributed by atoms with Crippen LogP contribution in [-0.2, 0) is 24.2 Å². The van der Waals surface area contributed by atoms with Gasteiger partial charge in [-0.3, -0.25) is 14.6 Å². The number of nitrogens with zero attached hydrogens (tertiary/aromatic N) is 2. The quantitative estimate of drug-likeness (QED) is 0.470. The molecule has 3 rings (SSSR count). The van der Waals surface area contributed by atoms with E-state index in [1.807, 2.05) is 0 Å². The normalized spacial score (nSPS) is 14.5. The summed E-state index contributed by atoms with van der Waals surface area (Å²) in [5.41, 5.74) is 0.865. The summed E-state index contributed by atoms with van der Waals surface area (Å²) in [5.74, 6) is -0.181. The number of hydrogen-bond donors (Lipinski definition) is 3. The van der Waals surface area contributed by atoms with Crippen LogP contribution in [0.1, 0.15) is 48.6 Å². The Morgan fingerprint density at radius 3 is 2.90 bits per heavy atom. The van der Waals surface area contributed by atoms with Gasteiger partial charge in [-0.05, 0) is 51.1 Å². The van der Waals surface area contributed by atoms with E-state index in [0.29, 0.717) is 30.1 Å². The zero-order chi connectivity index (χ0) is 20.8. The summed E-state index contributed by atoms with van der Waals surface area (Å²) in [4.78, 5) is 38.7. The van der Waals surface area contributed by atoms with Crippen LogP contribution in [0, 0.1) is 11.3 Å². The first kappa shape index (κ1) is 21.0. The summed E-state index contributed by atoms with van der Waals surface area (Å²) in [6, 6.07) is 3.14. The van der Waals surface area contributed by atoms with Crippen LogP contribution in [0.15, 0.2) is 21.9 Å². The lowest BCUT2D eigenvalue weighted by molar-refractivity contribution is -0.117. The predicted octanol–water partition coefficient (Wildman–Crippen LogP) is 1.75. The van der Waals surface area contributed by atoms with E-state index in [4.69, 9.17) is 0 Å². The average molecular weight is 416 g/mol. The highest BCUT2D eigenvalue weighted by Crippen LogP contribution is 2.36. The Labute approximate surface area is 172 Å². The highest BCUT2D eigenvalue weighted by atomic mass is 32.1. The third kappa shape index (κ3) is 5.22. The van der Waals surface area contributed by atoms with Gasteiger partial charge in [-0.15, -0.1) is 11.3 Å². The molecule has 154 valence electrons. The van der Waals surface area contributed by atoms with E-state index < -0.39 is 17.3 Å². The van der Waals surface area contributed by atoms with E-state index in [2.05, 4.69) is 21.7 Å². The molecule has 29 heavy (non-hydrogen) atoms. The molecule has 0 fully saturated rings. The van der Waals surface area contributed by atoms with Gasteiger partial charge in [0.05, 0.1) is 11.6 Å². The largest absolute Gasteiger partial charge is 0.328 e. The number of carbonyl (C=O) groups is 1. The van der Waals surface area contributed by atoms with Gasteiger partial charge in [0.25, 0.3) is 5.56 Å². The van der Waals surface area contributed by atoms with Crippen molar-refractivity contribution in [1.82, 2.24) is 14.9 Å². The maximum Gasteiger partial charge on any atom is 0.328 e. The molecule has 0 saturated heterocycles. The molecule has 0 aliphatic heterocycles. The summed E-state index contributed by atoms with van der Waals surface area (Å²) in [5, 5.41) is 16.3. The van der Waals surface area contributed by atoms with Crippen LogP contribution in [0.25, 0.3) is 0 Å². The number of anilines is 1. The highest BCUT2D eigenvalue weighted by molar-refractivity contribution is 7.16. The lowest BCUT2D eigenvalue weighted by atomic mass is 10.1. The third-order valence-electron chi connectivity index (χ3n) is 5.09. The van der Waals surface area contributed by atoms with Gasteiger partial charge in [0.15, 0.2) is 0 Å². The molecule has 1 aliphatic carbocycles. The van der Waals surface area contributed by atoms with Gasteiger partial charge in [-0.25, -0.2) is 4.79 Å². The number of fused-ring (bicyclic) bond motifs is 1. The molecule has 1 amide bonds. The first-order chi connectivity index (χ1) is 14.0. The van der Waals surface area contributed by atoms with E-state index in [9.17, 15) is 19.6 Å². The van der Waals surface area contributed by atoms with Crippen LogP contribution in [0.4, 0.5) is 5.00 Å². The van der Waals surface area contributed by atoms with Gasteiger partial charge in [0, 0.05) is 23.7 Å². The molecule has 0 bridgehead atoms. The average Bonchev–Trinajstić information content (AvgIpc) is 2.85. The molecule has 1 unspecified atom stereocenters. The van der Waals surface area contributed by atoms with E-state index in [1.54, 1.807) is 6.92 Å². The molecule has 9 heteroatoms. The van der Waals surface area contributed by atoms with Crippen molar-refractivity contribution >= 4 is 22.2 Å². The van der Waals surface area contributed by atoms with E-state index in [0.717, 1.165) is 31.2 Å². The molecule has 0 radical (unpaired) electrons. The molecule has 1 aliphatic rings. The second-order valence-electron chi connectivity index (χ2n) is 7.20.